The van der Waals surface area contributed by atoms with Gasteiger partial charge in [0.1, 0.15) is 5.69 Å². The largest absolute Gasteiger partial charge is 0.493 e. The molecule has 2 N–H and O–H groups in total. The Kier molecular flexibility index (Phi) is 4.12. The molecular formula is C16H16N2O4S. The molecule has 0 fully saturated rings. The lowest BCUT2D eigenvalue weighted by molar-refractivity contribution is 0.324. The predicted octanol–water partition coefficient (Wildman–Crippen LogP) is 3.68. The number of hydrogen-bond donors (Lipinski definition) is 1. The number of nitrogen functional groups attached to an aromatic ring is 1. The number of aromatic nitrogens is 1. The van der Waals surface area contributed by atoms with Crippen molar-refractivity contribution in [3.05, 3.63) is 29.0 Å². The molecule has 0 unspecified atom stereocenters. The summed E-state index contributed by atoms with van der Waals surface area (Å²) >= 11 is 1.58. The van der Waals surface area contributed by atoms with Gasteiger partial charge in [0.2, 0.25) is 11.6 Å². The second-order valence-electron chi connectivity index (χ2n) is 4.70. The monoisotopic (exact) mass is 332 g/mol. The number of anilines is 1. The van der Waals surface area contributed by atoms with Gasteiger partial charge in [0.05, 0.1) is 26.9 Å². The third kappa shape index (κ3) is 2.59. The number of rotatable bonds is 5. The van der Waals surface area contributed by atoms with Gasteiger partial charge in [-0.25, -0.2) is 0 Å². The molecule has 0 radical (unpaired) electrons. The molecule has 0 bridgehead atoms. The van der Waals surface area contributed by atoms with Crippen molar-refractivity contribution in [2.45, 2.75) is 0 Å². The van der Waals surface area contributed by atoms with Gasteiger partial charge in [-0.1, -0.05) is 5.16 Å². The molecule has 0 aliphatic carbocycles. The maximum atomic E-state index is 5.96. The van der Waals surface area contributed by atoms with Crippen LogP contribution in [-0.2, 0) is 0 Å². The Morgan fingerprint density at radius 2 is 1.74 bits per heavy atom. The summed E-state index contributed by atoms with van der Waals surface area (Å²) in [5.74, 6) is 1.87. The molecule has 0 saturated carbocycles. The first kappa shape index (κ1) is 15.2. The van der Waals surface area contributed by atoms with Crippen LogP contribution in [0.4, 0.5) is 5.88 Å². The standard InChI is InChI=1S/C16H16N2O4S/c1-19-11-6-10(7-12(20-2)15(11)21-3)14-13(16(17)22-18-14)9-4-5-23-8-9/h4-8H,17H2,1-3H3. The molecule has 1 aromatic carbocycles. The van der Waals surface area contributed by atoms with Gasteiger partial charge in [-0.2, -0.15) is 11.3 Å². The Bertz CT molecular complexity index is 787. The fourth-order valence-corrected chi connectivity index (χ4v) is 3.05. The quantitative estimate of drug-likeness (QED) is 0.768. The molecule has 120 valence electrons. The van der Waals surface area contributed by atoms with Crippen LogP contribution in [0.25, 0.3) is 22.4 Å². The Labute approximate surface area is 137 Å². The average Bonchev–Trinajstić information content (AvgIpc) is 3.22. The highest BCUT2D eigenvalue weighted by atomic mass is 32.1. The van der Waals surface area contributed by atoms with Crippen molar-refractivity contribution in [1.29, 1.82) is 0 Å². The smallest absolute Gasteiger partial charge is 0.230 e. The number of thiophene rings is 1. The Hall–Kier alpha value is -2.67. The minimum atomic E-state index is 0.271. The van der Waals surface area contributed by atoms with Gasteiger partial charge in [-0.15, -0.1) is 0 Å². The highest BCUT2D eigenvalue weighted by Crippen LogP contribution is 2.44. The van der Waals surface area contributed by atoms with Crippen LogP contribution in [-0.4, -0.2) is 26.5 Å². The van der Waals surface area contributed by atoms with E-state index >= 15 is 0 Å². The van der Waals surface area contributed by atoms with Crippen molar-refractivity contribution in [3.8, 4) is 39.6 Å². The molecule has 0 aliphatic rings. The molecule has 23 heavy (non-hydrogen) atoms. The van der Waals surface area contributed by atoms with Crippen molar-refractivity contribution in [1.82, 2.24) is 5.16 Å². The Balaban J connectivity index is 2.20. The van der Waals surface area contributed by atoms with E-state index in [1.807, 2.05) is 29.0 Å². The van der Waals surface area contributed by atoms with Crippen LogP contribution in [0, 0.1) is 0 Å². The lowest BCUT2D eigenvalue weighted by Crippen LogP contribution is -1.96. The van der Waals surface area contributed by atoms with Crippen molar-refractivity contribution >= 4 is 17.2 Å². The van der Waals surface area contributed by atoms with E-state index in [1.165, 1.54) is 0 Å². The third-order valence-corrected chi connectivity index (χ3v) is 4.15. The van der Waals surface area contributed by atoms with E-state index in [4.69, 9.17) is 24.5 Å². The molecule has 0 spiro atoms. The number of methoxy groups -OCH3 is 3. The van der Waals surface area contributed by atoms with E-state index in [9.17, 15) is 0 Å². The molecule has 0 saturated heterocycles. The third-order valence-electron chi connectivity index (χ3n) is 3.47. The second kappa shape index (κ2) is 6.21. The summed E-state index contributed by atoms with van der Waals surface area (Å²) < 4.78 is 21.3. The SMILES string of the molecule is COc1cc(-c2noc(N)c2-c2ccsc2)cc(OC)c1OC. The summed E-state index contributed by atoms with van der Waals surface area (Å²) in [6.07, 6.45) is 0. The van der Waals surface area contributed by atoms with Gasteiger partial charge in [-0.3, -0.25) is 0 Å². The summed E-state index contributed by atoms with van der Waals surface area (Å²) in [6.45, 7) is 0. The van der Waals surface area contributed by atoms with Crippen LogP contribution >= 0.6 is 11.3 Å². The van der Waals surface area contributed by atoms with Crippen molar-refractivity contribution in [3.63, 3.8) is 0 Å². The fourth-order valence-electron chi connectivity index (χ4n) is 2.40. The molecule has 6 nitrogen and oxygen atoms in total. The van der Waals surface area contributed by atoms with E-state index in [1.54, 1.807) is 32.7 Å². The maximum Gasteiger partial charge on any atom is 0.230 e. The molecule has 2 heterocycles. The molecule has 7 heteroatoms. The van der Waals surface area contributed by atoms with Gasteiger partial charge in [0.25, 0.3) is 0 Å². The molecule has 0 aliphatic heterocycles. The van der Waals surface area contributed by atoms with Gasteiger partial charge in [0.15, 0.2) is 11.5 Å². The average molecular weight is 332 g/mol. The zero-order valence-electron chi connectivity index (χ0n) is 13.0. The molecule has 0 atom stereocenters. The number of benzene rings is 1. The lowest BCUT2D eigenvalue weighted by atomic mass is 10.0. The molecule has 2 aromatic heterocycles. The van der Waals surface area contributed by atoms with E-state index in [-0.39, 0.29) is 5.88 Å². The van der Waals surface area contributed by atoms with Crippen LogP contribution < -0.4 is 19.9 Å². The van der Waals surface area contributed by atoms with Crippen molar-refractivity contribution in [2.75, 3.05) is 27.1 Å². The summed E-state index contributed by atoms with van der Waals surface area (Å²) in [6, 6.07) is 5.60. The maximum absolute atomic E-state index is 5.96. The highest BCUT2D eigenvalue weighted by molar-refractivity contribution is 7.08. The number of ether oxygens (including phenoxy) is 3. The number of nitrogens with zero attached hydrogens (tertiary/aromatic N) is 1. The normalized spacial score (nSPS) is 10.6. The second-order valence-corrected chi connectivity index (χ2v) is 5.48. The summed E-state index contributed by atoms with van der Waals surface area (Å²) in [5, 5.41) is 8.06. The van der Waals surface area contributed by atoms with Crippen molar-refractivity contribution in [2.24, 2.45) is 0 Å². The van der Waals surface area contributed by atoms with E-state index < -0.39 is 0 Å². The summed E-state index contributed by atoms with van der Waals surface area (Å²) in [7, 11) is 4.70. The first-order chi connectivity index (χ1) is 11.2. The fraction of sp³-hybridized carbons (Fsp3) is 0.188. The molecular weight excluding hydrogens is 316 g/mol. The number of nitrogens with two attached hydrogens (primary N) is 1. The van der Waals surface area contributed by atoms with Gasteiger partial charge in [0, 0.05) is 11.1 Å². The Morgan fingerprint density at radius 1 is 1.04 bits per heavy atom. The van der Waals surface area contributed by atoms with Crippen LogP contribution in [0.15, 0.2) is 33.5 Å². The van der Waals surface area contributed by atoms with Crippen LogP contribution in [0.3, 0.4) is 0 Å². The topological polar surface area (TPSA) is 79.7 Å². The van der Waals surface area contributed by atoms with Crippen LogP contribution in [0.1, 0.15) is 0 Å². The predicted molar refractivity (Wildman–Crippen MR) is 89.3 cm³/mol. The molecule has 3 rings (SSSR count). The minimum Gasteiger partial charge on any atom is -0.493 e. The Morgan fingerprint density at radius 3 is 2.26 bits per heavy atom. The first-order valence-corrected chi connectivity index (χ1v) is 7.72. The van der Waals surface area contributed by atoms with Crippen molar-refractivity contribution < 1.29 is 18.7 Å². The van der Waals surface area contributed by atoms with Crippen LogP contribution in [0.2, 0.25) is 0 Å². The van der Waals surface area contributed by atoms with E-state index in [0.717, 1.165) is 16.7 Å². The van der Waals surface area contributed by atoms with E-state index in [2.05, 4.69) is 5.16 Å². The van der Waals surface area contributed by atoms with Gasteiger partial charge < -0.3 is 24.5 Å². The van der Waals surface area contributed by atoms with E-state index in [0.29, 0.717) is 22.9 Å². The zero-order valence-corrected chi connectivity index (χ0v) is 13.8. The molecule has 0 amide bonds. The first-order valence-electron chi connectivity index (χ1n) is 6.77. The molecule has 3 aromatic rings. The van der Waals surface area contributed by atoms with Crippen LogP contribution in [0.5, 0.6) is 17.2 Å². The summed E-state index contributed by atoms with van der Waals surface area (Å²) in [4.78, 5) is 0. The zero-order chi connectivity index (χ0) is 16.4. The number of hydrogen-bond acceptors (Lipinski definition) is 7. The highest BCUT2D eigenvalue weighted by Gasteiger charge is 2.21. The summed E-state index contributed by atoms with van der Waals surface area (Å²) in [5.41, 5.74) is 9.05. The minimum absolute atomic E-state index is 0.271. The van der Waals surface area contributed by atoms with Gasteiger partial charge in [-0.05, 0) is 29.0 Å². The van der Waals surface area contributed by atoms with Gasteiger partial charge >= 0.3 is 0 Å². The lowest BCUT2D eigenvalue weighted by Gasteiger charge is -2.13.